The topological polar surface area (TPSA) is 49.7 Å². The molecule has 2 aromatic rings. The summed E-state index contributed by atoms with van der Waals surface area (Å²) in [6.45, 7) is 2.07. The molecule has 2 N–H and O–H groups in total. The zero-order valence-electron chi connectivity index (χ0n) is 10.00. The molecule has 3 rings (SSSR count). The summed E-state index contributed by atoms with van der Waals surface area (Å²) in [4.78, 5) is 0. The SMILES string of the molecule is CC1c2cc(O)ccc2O[C@@H]1c1ccc(O)cc1. The fourth-order valence-electron chi connectivity index (χ4n) is 2.42. The molecule has 3 nitrogen and oxygen atoms in total. The molecular formula is C15H14O3. The van der Waals surface area contributed by atoms with Crippen LogP contribution in [0.2, 0.25) is 0 Å². The highest BCUT2D eigenvalue weighted by molar-refractivity contribution is 5.47. The maximum atomic E-state index is 9.52. The molecule has 1 heterocycles. The van der Waals surface area contributed by atoms with Gasteiger partial charge in [0.1, 0.15) is 23.4 Å². The van der Waals surface area contributed by atoms with Crippen LogP contribution in [-0.2, 0) is 0 Å². The van der Waals surface area contributed by atoms with Crippen LogP contribution >= 0.6 is 0 Å². The Morgan fingerprint density at radius 3 is 2.33 bits per heavy atom. The highest BCUT2D eigenvalue weighted by atomic mass is 16.5. The standard InChI is InChI=1S/C15H14O3/c1-9-13-8-12(17)6-7-14(13)18-15(9)10-2-4-11(16)5-3-10/h2-9,15-17H,1H3/t9?,15-/m0/s1. The van der Waals surface area contributed by atoms with E-state index in [0.29, 0.717) is 0 Å². The number of fused-ring (bicyclic) bond motifs is 1. The lowest BCUT2D eigenvalue weighted by atomic mass is 9.93. The summed E-state index contributed by atoms with van der Waals surface area (Å²) in [5.41, 5.74) is 2.05. The molecule has 0 saturated carbocycles. The van der Waals surface area contributed by atoms with Gasteiger partial charge in [-0.05, 0) is 35.9 Å². The van der Waals surface area contributed by atoms with Crippen LogP contribution in [0.4, 0.5) is 0 Å². The molecule has 0 aliphatic carbocycles. The van der Waals surface area contributed by atoms with E-state index in [9.17, 15) is 10.2 Å². The van der Waals surface area contributed by atoms with Gasteiger partial charge in [0.25, 0.3) is 0 Å². The number of benzene rings is 2. The zero-order chi connectivity index (χ0) is 12.7. The highest BCUT2D eigenvalue weighted by Crippen LogP contribution is 2.46. The van der Waals surface area contributed by atoms with E-state index in [2.05, 4.69) is 6.92 Å². The van der Waals surface area contributed by atoms with Crippen molar-refractivity contribution in [2.75, 3.05) is 0 Å². The van der Waals surface area contributed by atoms with Crippen LogP contribution in [0.3, 0.4) is 0 Å². The summed E-state index contributed by atoms with van der Waals surface area (Å²) in [7, 11) is 0. The van der Waals surface area contributed by atoms with Gasteiger partial charge in [0.05, 0.1) is 0 Å². The van der Waals surface area contributed by atoms with E-state index >= 15 is 0 Å². The second-order valence-electron chi connectivity index (χ2n) is 4.64. The van der Waals surface area contributed by atoms with Crippen molar-refractivity contribution in [3.8, 4) is 17.2 Å². The lowest BCUT2D eigenvalue weighted by Gasteiger charge is -2.15. The summed E-state index contributed by atoms with van der Waals surface area (Å²) in [6.07, 6.45) is -0.0672. The summed E-state index contributed by atoms with van der Waals surface area (Å²) in [6, 6.07) is 12.2. The van der Waals surface area contributed by atoms with Gasteiger partial charge < -0.3 is 14.9 Å². The largest absolute Gasteiger partial charge is 0.508 e. The number of rotatable bonds is 1. The molecule has 0 saturated heterocycles. The average molecular weight is 242 g/mol. The van der Waals surface area contributed by atoms with E-state index in [1.807, 2.05) is 12.1 Å². The van der Waals surface area contributed by atoms with Gasteiger partial charge in [-0.3, -0.25) is 0 Å². The Hall–Kier alpha value is -2.16. The number of hydrogen-bond acceptors (Lipinski definition) is 3. The Kier molecular flexibility index (Phi) is 2.40. The smallest absolute Gasteiger partial charge is 0.130 e. The fourth-order valence-corrected chi connectivity index (χ4v) is 2.42. The number of ether oxygens (including phenoxy) is 1. The van der Waals surface area contributed by atoms with Crippen LogP contribution in [0, 0.1) is 0 Å². The predicted molar refractivity (Wildman–Crippen MR) is 68.0 cm³/mol. The average Bonchev–Trinajstić information content (AvgIpc) is 2.68. The van der Waals surface area contributed by atoms with Crippen molar-refractivity contribution in [2.24, 2.45) is 0 Å². The predicted octanol–water partition coefficient (Wildman–Crippen LogP) is 3.34. The second kappa shape index (κ2) is 3.95. The number of aromatic hydroxyl groups is 2. The lowest BCUT2D eigenvalue weighted by Crippen LogP contribution is -2.06. The number of phenols is 2. The monoisotopic (exact) mass is 242 g/mol. The van der Waals surface area contributed by atoms with Crippen molar-refractivity contribution in [1.82, 2.24) is 0 Å². The first-order valence-electron chi connectivity index (χ1n) is 5.93. The van der Waals surface area contributed by atoms with Crippen LogP contribution in [0.25, 0.3) is 0 Å². The van der Waals surface area contributed by atoms with Gasteiger partial charge in [0.15, 0.2) is 0 Å². The molecule has 1 aliphatic heterocycles. The van der Waals surface area contributed by atoms with Gasteiger partial charge in [0.2, 0.25) is 0 Å². The molecule has 1 aliphatic rings. The quantitative estimate of drug-likeness (QED) is 0.806. The minimum Gasteiger partial charge on any atom is -0.508 e. The van der Waals surface area contributed by atoms with Crippen LogP contribution in [0.5, 0.6) is 17.2 Å². The van der Waals surface area contributed by atoms with Crippen molar-refractivity contribution in [1.29, 1.82) is 0 Å². The molecule has 1 unspecified atom stereocenters. The first-order chi connectivity index (χ1) is 8.65. The zero-order valence-corrected chi connectivity index (χ0v) is 10.00. The van der Waals surface area contributed by atoms with Crippen LogP contribution < -0.4 is 4.74 Å². The van der Waals surface area contributed by atoms with E-state index in [4.69, 9.17) is 4.74 Å². The second-order valence-corrected chi connectivity index (χ2v) is 4.64. The highest BCUT2D eigenvalue weighted by Gasteiger charge is 2.32. The third kappa shape index (κ3) is 1.68. The first kappa shape index (κ1) is 11.0. The van der Waals surface area contributed by atoms with Gasteiger partial charge in [-0.1, -0.05) is 19.1 Å². The van der Waals surface area contributed by atoms with Gasteiger partial charge in [-0.2, -0.15) is 0 Å². The summed E-state index contributed by atoms with van der Waals surface area (Å²) in [5.74, 6) is 1.50. The maximum Gasteiger partial charge on any atom is 0.130 e. The molecular weight excluding hydrogens is 228 g/mol. The maximum absolute atomic E-state index is 9.52. The van der Waals surface area contributed by atoms with Gasteiger partial charge >= 0.3 is 0 Å². The molecule has 2 aromatic carbocycles. The van der Waals surface area contributed by atoms with Crippen LogP contribution in [-0.4, -0.2) is 10.2 Å². The molecule has 0 aromatic heterocycles. The Morgan fingerprint density at radius 2 is 1.61 bits per heavy atom. The van der Waals surface area contributed by atoms with Crippen molar-refractivity contribution < 1.29 is 14.9 Å². The molecule has 2 atom stereocenters. The summed E-state index contributed by atoms with van der Waals surface area (Å²) >= 11 is 0. The number of phenolic OH excluding ortho intramolecular Hbond substituents is 2. The van der Waals surface area contributed by atoms with Gasteiger partial charge in [0, 0.05) is 11.5 Å². The minimum absolute atomic E-state index is 0.0672. The van der Waals surface area contributed by atoms with Crippen LogP contribution in [0.1, 0.15) is 30.1 Å². The van der Waals surface area contributed by atoms with Gasteiger partial charge in [-0.15, -0.1) is 0 Å². The Labute approximate surface area is 105 Å². The van der Waals surface area contributed by atoms with Crippen molar-refractivity contribution in [2.45, 2.75) is 18.9 Å². The molecule has 0 bridgehead atoms. The van der Waals surface area contributed by atoms with Crippen molar-refractivity contribution in [3.63, 3.8) is 0 Å². The van der Waals surface area contributed by atoms with E-state index in [1.54, 1.807) is 30.3 Å². The Balaban J connectivity index is 1.96. The lowest BCUT2D eigenvalue weighted by molar-refractivity contribution is 0.216. The normalized spacial score (nSPS) is 21.4. The molecule has 0 radical (unpaired) electrons. The molecule has 0 spiro atoms. The Morgan fingerprint density at radius 1 is 0.944 bits per heavy atom. The van der Waals surface area contributed by atoms with Crippen molar-refractivity contribution >= 4 is 0 Å². The Bertz CT molecular complexity index is 575. The van der Waals surface area contributed by atoms with E-state index < -0.39 is 0 Å². The molecule has 3 heteroatoms. The minimum atomic E-state index is -0.0672. The first-order valence-corrected chi connectivity index (χ1v) is 5.93. The van der Waals surface area contributed by atoms with Crippen LogP contribution in [0.15, 0.2) is 42.5 Å². The van der Waals surface area contributed by atoms with E-state index in [-0.39, 0.29) is 23.5 Å². The summed E-state index contributed by atoms with van der Waals surface area (Å²) in [5, 5.41) is 18.8. The van der Waals surface area contributed by atoms with E-state index in [1.165, 1.54) is 0 Å². The molecule has 0 fully saturated rings. The molecule has 0 amide bonds. The third-order valence-corrected chi connectivity index (χ3v) is 3.41. The molecule has 18 heavy (non-hydrogen) atoms. The summed E-state index contributed by atoms with van der Waals surface area (Å²) < 4.78 is 5.91. The van der Waals surface area contributed by atoms with Crippen molar-refractivity contribution in [3.05, 3.63) is 53.6 Å². The number of hydrogen-bond donors (Lipinski definition) is 2. The van der Waals surface area contributed by atoms with Gasteiger partial charge in [-0.25, -0.2) is 0 Å². The third-order valence-electron chi connectivity index (χ3n) is 3.41. The van der Waals surface area contributed by atoms with E-state index in [0.717, 1.165) is 16.9 Å². The fraction of sp³-hybridized carbons (Fsp3) is 0.200. The molecule has 92 valence electrons.